The van der Waals surface area contributed by atoms with Crippen molar-refractivity contribution in [2.24, 2.45) is 0 Å². The topological polar surface area (TPSA) is 16.1 Å². The highest BCUT2D eigenvalue weighted by Gasteiger charge is 2.16. The second kappa shape index (κ2) is 3.95. The van der Waals surface area contributed by atoms with E-state index in [0.29, 0.717) is 5.15 Å². The van der Waals surface area contributed by atoms with Crippen molar-refractivity contribution in [3.63, 3.8) is 0 Å². The number of aromatic nitrogens is 1. The van der Waals surface area contributed by atoms with E-state index < -0.39 is 0 Å². The van der Waals surface area contributed by atoms with E-state index in [9.17, 15) is 0 Å². The van der Waals surface area contributed by atoms with E-state index in [0.717, 1.165) is 18.9 Å². The van der Waals surface area contributed by atoms with Gasteiger partial charge < -0.3 is 4.90 Å². The van der Waals surface area contributed by atoms with Crippen molar-refractivity contribution < 1.29 is 0 Å². The van der Waals surface area contributed by atoms with Gasteiger partial charge in [0.2, 0.25) is 0 Å². The van der Waals surface area contributed by atoms with Crippen LogP contribution in [-0.4, -0.2) is 18.1 Å². The standard InChI is InChI=1S/C13H13ClN2/c14-12-9-10-5-1-2-6-11(10)13(15-12)16-7-3-4-8-16/h1-2,5-6,9H,3-4,7-8H2. The van der Waals surface area contributed by atoms with Gasteiger partial charge in [0.05, 0.1) is 0 Å². The summed E-state index contributed by atoms with van der Waals surface area (Å²) in [6.07, 6.45) is 2.51. The molecule has 16 heavy (non-hydrogen) atoms. The molecule has 1 fully saturated rings. The highest BCUT2D eigenvalue weighted by Crippen LogP contribution is 2.29. The van der Waals surface area contributed by atoms with Crippen molar-refractivity contribution in [3.8, 4) is 0 Å². The molecule has 0 atom stereocenters. The van der Waals surface area contributed by atoms with Crippen LogP contribution < -0.4 is 4.90 Å². The minimum Gasteiger partial charge on any atom is -0.356 e. The van der Waals surface area contributed by atoms with Gasteiger partial charge in [-0.25, -0.2) is 4.98 Å². The Morgan fingerprint density at radius 3 is 2.69 bits per heavy atom. The summed E-state index contributed by atoms with van der Waals surface area (Å²) in [5, 5.41) is 2.96. The summed E-state index contributed by atoms with van der Waals surface area (Å²) in [4.78, 5) is 6.80. The van der Waals surface area contributed by atoms with Gasteiger partial charge >= 0.3 is 0 Å². The molecule has 0 radical (unpaired) electrons. The van der Waals surface area contributed by atoms with Crippen LogP contribution in [0.15, 0.2) is 30.3 Å². The molecule has 0 unspecified atom stereocenters. The van der Waals surface area contributed by atoms with Crippen molar-refractivity contribution >= 4 is 28.2 Å². The maximum Gasteiger partial charge on any atom is 0.138 e. The fourth-order valence-electron chi connectivity index (χ4n) is 2.32. The predicted molar refractivity (Wildman–Crippen MR) is 68.2 cm³/mol. The Labute approximate surface area is 99.8 Å². The summed E-state index contributed by atoms with van der Waals surface area (Å²) < 4.78 is 0. The largest absolute Gasteiger partial charge is 0.356 e. The lowest BCUT2D eigenvalue weighted by molar-refractivity contribution is 0.946. The Morgan fingerprint density at radius 1 is 1.12 bits per heavy atom. The average molecular weight is 233 g/mol. The Morgan fingerprint density at radius 2 is 1.88 bits per heavy atom. The van der Waals surface area contributed by atoms with Crippen molar-refractivity contribution in [2.75, 3.05) is 18.0 Å². The Hall–Kier alpha value is -1.28. The molecular formula is C13H13ClN2. The minimum absolute atomic E-state index is 0.584. The van der Waals surface area contributed by atoms with Crippen molar-refractivity contribution in [1.82, 2.24) is 4.98 Å². The fourth-order valence-corrected chi connectivity index (χ4v) is 2.52. The van der Waals surface area contributed by atoms with Gasteiger partial charge in [0.15, 0.2) is 0 Å². The van der Waals surface area contributed by atoms with Crippen LogP contribution in [0.25, 0.3) is 10.8 Å². The third-order valence-corrected chi connectivity index (χ3v) is 3.29. The molecule has 0 aliphatic carbocycles. The smallest absolute Gasteiger partial charge is 0.138 e. The van der Waals surface area contributed by atoms with Crippen molar-refractivity contribution in [2.45, 2.75) is 12.8 Å². The third-order valence-electron chi connectivity index (χ3n) is 3.09. The molecule has 1 aliphatic heterocycles. The zero-order valence-corrected chi connectivity index (χ0v) is 9.74. The van der Waals surface area contributed by atoms with Gasteiger partial charge in [-0.05, 0) is 24.3 Å². The summed E-state index contributed by atoms with van der Waals surface area (Å²) in [7, 11) is 0. The molecule has 3 rings (SSSR count). The summed E-state index contributed by atoms with van der Waals surface area (Å²) >= 11 is 6.06. The molecule has 0 amide bonds. The van der Waals surface area contributed by atoms with Crippen LogP contribution in [-0.2, 0) is 0 Å². The zero-order chi connectivity index (χ0) is 11.0. The van der Waals surface area contributed by atoms with E-state index in [1.165, 1.54) is 23.6 Å². The number of nitrogens with zero attached hydrogens (tertiary/aromatic N) is 2. The number of fused-ring (bicyclic) bond motifs is 1. The molecule has 0 N–H and O–H groups in total. The van der Waals surface area contributed by atoms with Crippen LogP contribution in [0.3, 0.4) is 0 Å². The lowest BCUT2D eigenvalue weighted by atomic mass is 10.1. The molecule has 2 heterocycles. The molecule has 0 saturated carbocycles. The van der Waals surface area contributed by atoms with E-state index in [4.69, 9.17) is 11.6 Å². The maximum absolute atomic E-state index is 6.06. The van der Waals surface area contributed by atoms with Crippen molar-refractivity contribution in [3.05, 3.63) is 35.5 Å². The molecule has 1 aliphatic rings. The van der Waals surface area contributed by atoms with E-state index in [1.54, 1.807) is 0 Å². The number of halogens is 1. The van der Waals surface area contributed by atoms with Gasteiger partial charge in [0.25, 0.3) is 0 Å². The third kappa shape index (κ3) is 1.63. The number of benzene rings is 1. The second-order valence-corrected chi connectivity index (χ2v) is 4.57. The highest BCUT2D eigenvalue weighted by atomic mass is 35.5. The number of rotatable bonds is 1. The maximum atomic E-state index is 6.06. The van der Waals surface area contributed by atoms with Crippen LogP contribution in [0.5, 0.6) is 0 Å². The lowest BCUT2D eigenvalue weighted by Crippen LogP contribution is -2.19. The molecule has 1 aromatic heterocycles. The molecule has 82 valence electrons. The van der Waals surface area contributed by atoms with Crippen LogP contribution in [0.2, 0.25) is 5.15 Å². The van der Waals surface area contributed by atoms with E-state index in [2.05, 4.69) is 28.1 Å². The highest BCUT2D eigenvalue weighted by molar-refractivity contribution is 6.30. The first-order valence-corrected chi connectivity index (χ1v) is 6.02. The molecule has 2 aromatic rings. The molecule has 0 bridgehead atoms. The Kier molecular flexibility index (Phi) is 2.44. The van der Waals surface area contributed by atoms with Crippen LogP contribution >= 0.6 is 11.6 Å². The van der Waals surface area contributed by atoms with Gasteiger partial charge in [0, 0.05) is 18.5 Å². The minimum atomic E-state index is 0.584. The van der Waals surface area contributed by atoms with Crippen LogP contribution in [0.4, 0.5) is 5.82 Å². The summed E-state index contributed by atoms with van der Waals surface area (Å²) in [6.45, 7) is 2.19. The summed E-state index contributed by atoms with van der Waals surface area (Å²) in [6, 6.07) is 10.2. The second-order valence-electron chi connectivity index (χ2n) is 4.18. The number of hydrogen-bond donors (Lipinski definition) is 0. The quantitative estimate of drug-likeness (QED) is 0.700. The average Bonchev–Trinajstić information content (AvgIpc) is 2.81. The van der Waals surface area contributed by atoms with E-state index in [1.807, 2.05) is 12.1 Å². The fraction of sp³-hybridized carbons (Fsp3) is 0.308. The zero-order valence-electron chi connectivity index (χ0n) is 8.99. The van der Waals surface area contributed by atoms with Gasteiger partial charge in [-0.15, -0.1) is 0 Å². The van der Waals surface area contributed by atoms with Gasteiger partial charge in [0.1, 0.15) is 11.0 Å². The molecule has 3 heteroatoms. The normalized spacial score (nSPS) is 15.9. The predicted octanol–water partition coefficient (Wildman–Crippen LogP) is 3.49. The molecule has 1 aromatic carbocycles. The van der Waals surface area contributed by atoms with Gasteiger partial charge in [-0.3, -0.25) is 0 Å². The SMILES string of the molecule is Clc1cc2ccccc2c(N2CCCC2)n1. The molecule has 0 spiro atoms. The molecule has 1 saturated heterocycles. The van der Waals surface area contributed by atoms with Crippen LogP contribution in [0, 0.1) is 0 Å². The number of hydrogen-bond acceptors (Lipinski definition) is 2. The Balaban J connectivity index is 2.21. The first kappa shape index (κ1) is 9.91. The lowest BCUT2D eigenvalue weighted by Gasteiger charge is -2.18. The van der Waals surface area contributed by atoms with Crippen LogP contribution in [0.1, 0.15) is 12.8 Å². The summed E-state index contributed by atoms with van der Waals surface area (Å²) in [5.74, 6) is 1.04. The summed E-state index contributed by atoms with van der Waals surface area (Å²) in [5.41, 5.74) is 0. The molecule has 2 nitrogen and oxygen atoms in total. The Bertz CT molecular complexity index is 518. The van der Waals surface area contributed by atoms with Crippen molar-refractivity contribution in [1.29, 1.82) is 0 Å². The first-order valence-electron chi connectivity index (χ1n) is 5.65. The molecular weight excluding hydrogens is 220 g/mol. The first-order chi connectivity index (χ1) is 7.84. The van der Waals surface area contributed by atoms with E-state index >= 15 is 0 Å². The number of anilines is 1. The monoisotopic (exact) mass is 232 g/mol. The number of pyridine rings is 1. The van der Waals surface area contributed by atoms with Gasteiger partial charge in [-0.1, -0.05) is 35.9 Å². The van der Waals surface area contributed by atoms with E-state index in [-0.39, 0.29) is 0 Å². The van der Waals surface area contributed by atoms with Gasteiger partial charge in [-0.2, -0.15) is 0 Å².